The van der Waals surface area contributed by atoms with E-state index in [0.29, 0.717) is 6.73 Å². The summed E-state index contributed by atoms with van der Waals surface area (Å²) in [6.45, 7) is 2.79. The number of nitrogens with zero attached hydrogens (tertiary/aromatic N) is 1. The molecule has 0 saturated carbocycles. The van der Waals surface area contributed by atoms with Crippen LogP contribution in [-0.2, 0) is 5.41 Å². The monoisotopic (exact) mass is 390 g/mol. The summed E-state index contributed by atoms with van der Waals surface area (Å²) < 4.78 is 8.55. The smallest absolute Gasteiger partial charge is 0.292 e. The first kappa shape index (κ1) is 18.4. The molecule has 0 spiro atoms. The van der Waals surface area contributed by atoms with Gasteiger partial charge in [-0.3, -0.25) is 0 Å². The molecule has 1 aliphatic rings. The van der Waals surface area contributed by atoms with E-state index in [9.17, 15) is 0 Å². The average Bonchev–Trinajstić information content (AvgIpc) is 2.84. The minimum absolute atomic E-state index is 0.323. The lowest BCUT2D eigenvalue weighted by atomic mass is 9.70. The number of para-hydroxylation sites is 2. The van der Waals surface area contributed by atoms with Gasteiger partial charge in [-0.25, -0.2) is 0 Å². The Balaban J connectivity index is 1.69. The number of hydrogen-bond donors (Lipinski definition) is 0. The lowest BCUT2D eigenvalue weighted by molar-refractivity contribution is -0.476. The van der Waals surface area contributed by atoms with Crippen molar-refractivity contribution in [2.45, 2.75) is 12.3 Å². The average molecular weight is 391 g/mol. The largest absolute Gasteiger partial charge is 0.435 e. The summed E-state index contributed by atoms with van der Waals surface area (Å²) in [5.74, 6) is 0.958. The third-order valence-electron chi connectivity index (χ3n) is 6.02. The third kappa shape index (κ3) is 3.11. The van der Waals surface area contributed by atoms with Crippen molar-refractivity contribution in [3.8, 4) is 5.75 Å². The Morgan fingerprint density at radius 3 is 1.83 bits per heavy atom. The van der Waals surface area contributed by atoms with Gasteiger partial charge in [-0.05, 0) is 24.1 Å². The maximum atomic E-state index is 6.41. The molecule has 30 heavy (non-hydrogen) atoms. The fraction of sp³-hybridized carbons (Fsp3) is 0.107. The van der Waals surface area contributed by atoms with Crippen molar-refractivity contribution < 1.29 is 9.31 Å². The molecule has 0 aliphatic carbocycles. The van der Waals surface area contributed by atoms with E-state index in [1.807, 2.05) is 6.07 Å². The van der Waals surface area contributed by atoms with Crippen LogP contribution in [-0.4, -0.2) is 17.5 Å². The number of rotatable bonds is 4. The van der Waals surface area contributed by atoms with Gasteiger partial charge in [-0.2, -0.15) is 4.58 Å². The zero-order chi connectivity index (χ0) is 20.4. The number of benzene rings is 4. The van der Waals surface area contributed by atoms with E-state index in [1.54, 1.807) is 0 Å². The van der Waals surface area contributed by atoms with E-state index in [0.717, 1.165) is 17.0 Å². The normalized spacial score (nSPS) is 13.2. The summed E-state index contributed by atoms with van der Waals surface area (Å²) in [4.78, 5) is 0. The van der Waals surface area contributed by atoms with Crippen LogP contribution in [0.2, 0.25) is 0 Å². The second-order valence-electron chi connectivity index (χ2n) is 7.79. The second kappa shape index (κ2) is 7.64. The highest BCUT2D eigenvalue weighted by Crippen LogP contribution is 2.44. The molecule has 0 N–H and O–H groups in total. The van der Waals surface area contributed by atoms with Crippen molar-refractivity contribution in [3.05, 3.63) is 131 Å². The minimum atomic E-state index is -0.323. The summed E-state index contributed by atoms with van der Waals surface area (Å²) in [6, 6.07) is 38.2. The molecule has 4 aromatic carbocycles. The first-order valence-electron chi connectivity index (χ1n) is 10.3. The van der Waals surface area contributed by atoms with Gasteiger partial charge in [-0.1, -0.05) is 91.0 Å². The van der Waals surface area contributed by atoms with Crippen LogP contribution < -0.4 is 4.74 Å². The van der Waals surface area contributed by atoms with Crippen LogP contribution in [0.3, 0.4) is 0 Å². The highest BCUT2D eigenvalue weighted by atomic mass is 16.5. The number of fused-ring (bicyclic) bond motifs is 1. The number of ether oxygens (including phenoxy) is 1. The van der Waals surface area contributed by atoms with Gasteiger partial charge in [0.15, 0.2) is 6.21 Å². The topological polar surface area (TPSA) is 12.2 Å². The van der Waals surface area contributed by atoms with Crippen molar-refractivity contribution in [1.29, 1.82) is 0 Å². The van der Waals surface area contributed by atoms with E-state index >= 15 is 0 Å². The summed E-state index contributed by atoms with van der Waals surface area (Å²) >= 11 is 0. The Hall–Kier alpha value is -3.65. The molecular weight excluding hydrogens is 366 g/mol. The maximum Gasteiger partial charge on any atom is 0.292 e. The molecule has 2 nitrogen and oxygen atoms in total. The highest BCUT2D eigenvalue weighted by molar-refractivity contribution is 5.83. The van der Waals surface area contributed by atoms with Crippen molar-refractivity contribution in [2.75, 3.05) is 6.73 Å². The molecule has 0 bridgehead atoms. The van der Waals surface area contributed by atoms with Crippen LogP contribution in [0.5, 0.6) is 5.75 Å². The van der Waals surface area contributed by atoms with E-state index in [4.69, 9.17) is 4.74 Å². The van der Waals surface area contributed by atoms with E-state index in [-0.39, 0.29) is 5.41 Å². The second-order valence-corrected chi connectivity index (χ2v) is 7.79. The van der Waals surface area contributed by atoms with Crippen molar-refractivity contribution in [1.82, 2.24) is 0 Å². The van der Waals surface area contributed by atoms with Gasteiger partial charge in [0.05, 0.1) is 5.56 Å². The Bertz CT molecular complexity index is 1140. The molecule has 146 valence electrons. The first-order chi connectivity index (χ1) is 14.8. The lowest BCUT2D eigenvalue weighted by Gasteiger charge is -2.34. The van der Waals surface area contributed by atoms with Crippen LogP contribution in [0.15, 0.2) is 109 Å². The van der Waals surface area contributed by atoms with Crippen molar-refractivity contribution in [3.63, 3.8) is 0 Å². The molecular formula is C28H24NO+. The standard InChI is InChI=1S/C28H24NO/c1-28(23-13-5-2-6-14-23,24-15-7-3-8-16-24)26-19-11-12-22-20-29(21-30-27(22)26)25-17-9-4-10-18-25/h2-20H,21H2,1H3/q+1. The lowest BCUT2D eigenvalue weighted by Crippen LogP contribution is -2.29. The molecule has 0 saturated heterocycles. The molecule has 0 radical (unpaired) electrons. The maximum absolute atomic E-state index is 6.41. The molecule has 0 atom stereocenters. The fourth-order valence-electron chi connectivity index (χ4n) is 4.34. The molecule has 1 aliphatic heterocycles. The van der Waals surface area contributed by atoms with Crippen LogP contribution in [0.4, 0.5) is 5.69 Å². The number of hydrogen-bond acceptors (Lipinski definition) is 1. The predicted molar refractivity (Wildman–Crippen MR) is 122 cm³/mol. The highest BCUT2D eigenvalue weighted by Gasteiger charge is 2.36. The van der Waals surface area contributed by atoms with E-state index in [1.165, 1.54) is 16.7 Å². The first-order valence-corrected chi connectivity index (χ1v) is 10.3. The summed E-state index contributed by atoms with van der Waals surface area (Å²) in [6.07, 6.45) is 2.19. The molecule has 1 heterocycles. The van der Waals surface area contributed by atoms with Gasteiger partial charge in [0.25, 0.3) is 6.73 Å². The molecule has 0 aromatic heterocycles. The van der Waals surface area contributed by atoms with Crippen molar-refractivity contribution in [2.24, 2.45) is 0 Å². The van der Waals surface area contributed by atoms with E-state index in [2.05, 4.69) is 121 Å². The molecule has 5 rings (SSSR count). The Morgan fingerprint density at radius 2 is 1.23 bits per heavy atom. The third-order valence-corrected chi connectivity index (χ3v) is 6.02. The predicted octanol–water partition coefficient (Wildman–Crippen LogP) is 6.15. The molecule has 0 amide bonds. The molecule has 4 aromatic rings. The summed E-state index contributed by atoms with van der Waals surface area (Å²) in [5, 5.41) is 0. The van der Waals surface area contributed by atoms with Gasteiger partial charge < -0.3 is 4.74 Å². The minimum Gasteiger partial charge on any atom is -0.435 e. The van der Waals surface area contributed by atoms with Crippen molar-refractivity contribution >= 4 is 11.9 Å². The van der Waals surface area contributed by atoms with Crippen LogP contribution >= 0.6 is 0 Å². The quantitative estimate of drug-likeness (QED) is 0.300. The van der Waals surface area contributed by atoms with Gasteiger partial charge in [0.2, 0.25) is 5.69 Å². The molecule has 0 unspecified atom stereocenters. The van der Waals surface area contributed by atoms with E-state index < -0.39 is 0 Å². The molecule has 2 heteroatoms. The van der Waals surface area contributed by atoms with Crippen LogP contribution in [0.1, 0.15) is 29.2 Å². The van der Waals surface area contributed by atoms with Gasteiger partial charge in [-0.15, -0.1) is 0 Å². The zero-order valence-electron chi connectivity index (χ0n) is 17.0. The van der Waals surface area contributed by atoms with Gasteiger partial charge >= 0.3 is 0 Å². The SMILES string of the molecule is CC(c1ccccc1)(c1ccccc1)c1cccc2c1OC[N+](c1ccccc1)=C2. The van der Waals surface area contributed by atoms with Crippen LogP contribution in [0, 0.1) is 0 Å². The zero-order valence-corrected chi connectivity index (χ0v) is 17.0. The Kier molecular flexibility index (Phi) is 4.68. The summed E-state index contributed by atoms with van der Waals surface area (Å²) in [7, 11) is 0. The van der Waals surface area contributed by atoms with Gasteiger partial charge in [0.1, 0.15) is 5.75 Å². The Morgan fingerprint density at radius 1 is 0.667 bits per heavy atom. The van der Waals surface area contributed by atoms with Crippen LogP contribution in [0.25, 0.3) is 0 Å². The summed E-state index contributed by atoms with van der Waals surface area (Å²) in [5.41, 5.74) is 5.58. The fourth-order valence-corrected chi connectivity index (χ4v) is 4.34. The molecule has 0 fully saturated rings. The van der Waals surface area contributed by atoms with Gasteiger partial charge in [0, 0.05) is 23.1 Å². The Labute approximate surface area is 177 Å².